The van der Waals surface area contributed by atoms with Crippen molar-refractivity contribution in [1.82, 2.24) is 15.2 Å². The van der Waals surface area contributed by atoms with E-state index in [-0.39, 0.29) is 0 Å². The van der Waals surface area contributed by atoms with Crippen LogP contribution in [0, 0.1) is 13.8 Å². The monoisotopic (exact) mass is 386 g/mol. The van der Waals surface area contributed by atoms with Crippen LogP contribution >= 0.6 is 11.3 Å². The Kier molecular flexibility index (Phi) is 6.72. The number of ether oxygens (including phenoxy) is 1. The first-order valence-electron chi connectivity index (χ1n) is 9.70. The van der Waals surface area contributed by atoms with E-state index in [1.807, 2.05) is 0 Å². The summed E-state index contributed by atoms with van der Waals surface area (Å²) >= 11 is 1.79. The Balaban J connectivity index is 1.61. The minimum atomic E-state index is 0.547. The number of nitrogens with zero attached hydrogens (tertiary/aromatic N) is 3. The molecule has 1 aliphatic rings. The predicted octanol–water partition coefficient (Wildman–Crippen LogP) is 3.77. The molecule has 5 nitrogen and oxygen atoms in total. The van der Waals surface area contributed by atoms with Gasteiger partial charge in [-0.1, -0.05) is 12.1 Å². The zero-order valence-electron chi connectivity index (χ0n) is 16.8. The average molecular weight is 387 g/mol. The summed E-state index contributed by atoms with van der Waals surface area (Å²) < 4.78 is 5.27. The number of methoxy groups -OCH3 is 1. The van der Waals surface area contributed by atoms with Crippen molar-refractivity contribution in [2.24, 2.45) is 4.99 Å². The average Bonchev–Trinajstić information content (AvgIpc) is 3.28. The normalized spacial score (nSPS) is 17.4. The molecule has 1 aromatic heterocycles. The Labute approximate surface area is 166 Å². The number of guanidine groups is 1. The predicted molar refractivity (Wildman–Crippen MR) is 113 cm³/mol. The molecule has 1 N–H and O–H groups in total. The van der Waals surface area contributed by atoms with Crippen molar-refractivity contribution >= 4 is 17.3 Å². The van der Waals surface area contributed by atoms with E-state index in [1.54, 1.807) is 18.4 Å². The molecule has 0 radical (unpaired) electrons. The highest BCUT2D eigenvalue weighted by molar-refractivity contribution is 7.11. The standard InChI is InChI=1S/C21H30N4OS/c1-5-22-21(23-12-10-20-15(2)24-16(3)27-20)25-13-11-18(14-25)17-6-8-19(26-4)9-7-17/h6-9,18H,5,10-14H2,1-4H3,(H,22,23). The summed E-state index contributed by atoms with van der Waals surface area (Å²) in [6, 6.07) is 8.48. The van der Waals surface area contributed by atoms with Gasteiger partial charge in [0.15, 0.2) is 5.96 Å². The summed E-state index contributed by atoms with van der Waals surface area (Å²) in [5, 5.41) is 4.60. The molecule has 1 unspecified atom stereocenters. The smallest absolute Gasteiger partial charge is 0.193 e. The van der Waals surface area contributed by atoms with Gasteiger partial charge < -0.3 is 15.0 Å². The molecule has 1 aliphatic heterocycles. The van der Waals surface area contributed by atoms with Crippen molar-refractivity contribution in [2.45, 2.75) is 39.5 Å². The summed E-state index contributed by atoms with van der Waals surface area (Å²) in [4.78, 5) is 13.1. The fourth-order valence-electron chi connectivity index (χ4n) is 3.60. The number of hydrogen-bond donors (Lipinski definition) is 1. The van der Waals surface area contributed by atoms with Crippen LogP contribution < -0.4 is 10.1 Å². The van der Waals surface area contributed by atoms with Crippen LogP contribution in [0.15, 0.2) is 29.3 Å². The molecule has 0 aliphatic carbocycles. The summed E-state index contributed by atoms with van der Waals surface area (Å²) in [5.74, 6) is 2.50. The topological polar surface area (TPSA) is 49.8 Å². The van der Waals surface area contributed by atoms with Crippen LogP contribution in [0.2, 0.25) is 0 Å². The van der Waals surface area contributed by atoms with Crippen molar-refractivity contribution in [3.63, 3.8) is 0 Å². The number of rotatable bonds is 6. The van der Waals surface area contributed by atoms with Gasteiger partial charge in [0.2, 0.25) is 0 Å². The molecule has 1 aromatic carbocycles. The van der Waals surface area contributed by atoms with E-state index >= 15 is 0 Å². The van der Waals surface area contributed by atoms with Crippen LogP contribution in [-0.2, 0) is 6.42 Å². The number of aliphatic imine (C=N–C) groups is 1. The molecule has 2 heterocycles. The van der Waals surface area contributed by atoms with Crippen LogP contribution in [0.1, 0.15) is 40.4 Å². The Bertz CT molecular complexity index is 769. The number of likely N-dealkylation sites (tertiary alicyclic amines) is 1. The molecule has 146 valence electrons. The molecule has 0 spiro atoms. The number of benzene rings is 1. The lowest BCUT2D eigenvalue weighted by molar-refractivity contribution is 0.414. The molecule has 6 heteroatoms. The largest absolute Gasteiger partial charge is 0.497 e. The van der Waals surface area contributed by atoms with E-state index in [2.05, 4.69) is 60.2 Å². The number of hydrogen-bond acceptors (Lipinski definition) is 4. The Hall–Kier alpha value is -2.08. The van der Waals surface area contributed by atoms with E-state index in [0.29, 0.717) is 5.92 Å². The zero-order chi connectivity index (χ0) is 19.2. The van der Waals surface area contributed by atoms with E-state index in [9.17, 15) is 0 Å². The molecule has 27 heavy (non-hydrogen) atoms. The maximum Gasteiger partial charge on any atom is 0.193 e. The lowest BCUT2D eigenvalue weighted by atomic mass is 9.98. The third-order valence-electron chi connectivity index (χ3n) is 5.01. The van der Waals surface area contributed by atoms with Gasteiger partial charge in [0.1, 0.15) is 5.75 Å². The van der Waals surface area contributed by atoms with E-state index in [1.165, 1.54) is 10.4 Å². The van der Waals surface area contributed by atoms with Gasteiger partial charge in [-0.2, -0.15) is 0 Å². The molecule has 0 saturated carbocycles. The highest BCUT2D eigenvalue weighted by Gasteiger charge is 2.26. The summed E-state index contributed by atoms with van der Waals surface area (Å²) in [6.45, 7) is 10.0. The lowest BCUT2D eigenvalue weighted by Crippen LogP contribution is -2.40. The first-order valence-corrected chi connectivity index (χ1v) is 10.5. The van der Waals surface area contributed by atoms with Gasteiger partial charge in [-0.05, 0) is 44.9 Å². The second-order valence-corrected chi connectivity index (χ2v) is 8.22. The van der Waals surface area contributed by atoms with E-state index < -0.39 is 0 Å². The summed E-state index contributed by atoms with van der Waals surface area (Å²) in [6.07, 6.45) is 2.12. The second-order valence-electron chi connectivity index (χ2n) is 6.93. The van der Waals surface area contributed by atoms with Gasteiger partial charge >= 0.3 is 0 Å². The number of aryl methyl sites for hydroxylation is 2. The van der Waals surface area contributed by atoms with Crippen molar-refractivity contribution in [1.29, 1.82) is 0 Å². The van der Waals surface area contributed by atoms with Gasteiger partial charge in [-0.3, -0.25) is 4.99 Å². The fourth-order valence-corrected chi connectivity index (χ4v) is 4.52. The molecule has 2 aromatic rings. The van der Waals surface area contributed by atoms with Crippen molar-refractivity contribution < 1.29 is 4.74 Å². The van der Waals surface area contributed by atoms with Gasteiger partial charge in [0.05, 0.1) is 17.8 Å². The van der Waals surface area contributed by atoms with Crippen molar-refractivity contribution in [3.8, 4) is 5.75 Å². The molecule has 1 atom stereocenters. The Morgan fingerprint density at radius 2 is 2.11 bits per heavy atom. The van der Waals surface area contributed by atoms with Crippen LogP contribution in [-0.4, -0.2) is 49.1 Å². The lowest BCUT2D eigenvalue weighted by Gasteiger charge is -2.22. The number of aromatic nitrogens is 1. The second kappa shape index (κ2) is 9.22. The summed E-state index contributed by atoms with van der Waals surface area (Å²) in [7, 11) is 1.71. The van der Waals surface area contributed by atoms with Gasteiger partial charge in [-0.15, -0.1) is 11.3 Å². The van der Waals surface area contributed by atoms with Crippen molar-refractivity contribution in [3.05, 3.63) is 45.4 Å². The molecular formula is C21H30N4OS. The highest BCUT2D eigenvalue weighted by Crippen LogP contribution is 2.28. The molecule has 3 rings (SSSR count). The van der Waals surface area contributed by atoms with Gasteiger partial charge in [-0.25, -0.2) is 4.98 Å². The molecular weight excluding hydrogens is 356 g/mol. The molecule has 1 fully saturated rings. The van der Waals surface area contributed by atoms with Crippen LogP contribution in [0.3, 0.4) is 0 Å². The minimum absolute atomic E-state index is 0.547. The first kappa shape index (κ1) is 19.7. The quantitative estimate of drug-likeness (QED) is 0.607. The maximum atomic E-state index is 5.27. The van der Waals surface area contributed by atoms with E-state index in [0.717, 1.165) is 61.4 Å². The Morgan fingerprint density at radius 1 is 1.33 bits per heavy atom. The zero-order valence-corrected chi connectivity index (χ0v) is 17.6. The van der Waals surface area contributed by atoms with Crippen LogP contribution in [0.4, 0.5) is 0 Å². The number of thiazole rings is 1. The van der Waals surface area contributed by atoms with Crippen LogP contribution in [0.25, 0.3) is 0 Å². The minimum Gasteiger partial charge on any atom is -0.497 e. The molecule has 1 saturated heterocycles. The first-order chi connectivity index (χ1) is 13.1. The maximum absolute atomic E-state index is 5.27. The van der Waals surface area contributed by atoms with E-state index in [4.69, 9.17) is 9.73 Å². The molecule has 0 bridgehead atoms. The third kappa shape index (κ3) is 5.01. The van der Waals surface area contributed by atoms with Gasteiger partial charge in [0, 0.05) is 43.4 Å². The fraction of sp³-hybridized carbons (Fsp3) is 0.524. The van der Waals surface area contributed by atoms with Crippen LogP contribution in [0.5, 0.6) is 5.75 Å². The SMILES string of the molecule is CCNC(=NCCc1sc(C)nc1C)N1CCC(c2ccc(OC)cc2)C1. The Morgan fingerprint density at radius 3 is 2.74 bits per heavy atom. The van der Waals surface area contributed by atoms with Crippen molar-refractivity contribution in [2.75, 3.05) is 33.3 Å². The summed E-state index contributed by atoms with van der Waals surface area (Å²) in [5.41, 5.74) is 2.53. The van der Waals surface area contributed by atoms with Gasteiger partial charge in [0.25, 0.3) is 0 Å². The highest BCUT2D eigenvalue weighted by atomic mass is 32.1. The number of nitrogens with one attached hydrogen (secondary N) is 1. The molecule has 0 amide bonds. The third-order valence-corrected chi connectivity index (χ3v) is 6.14.